The number of hydrogen-bond acceptors (Lipinski definition) is 2. The molecule has 0 spiro atoms. The average Bonchev–Trinajstić information content (AvgIpc) is 2.97. The van der Waals surface area contributed by atoms with Gasteiger partial charge < -0.3 is 10.2 Å². The molecule has 1 saturated heterocycles. The monoisotopic (exact) mass is 224 g/mol. The second-order valence-electron chi connectivity index (χ2n) is 6.29. The van der Waals surface area contributed by atoms with Gasteiger partial charge in [-0.3, -0.25) is 4.79 Å². The summed E-state index contributed by atoms with van der Waals surface area (Å²) in [7, 11) is 0. The number of carbonyl (C=O) groups is 1. The topological polar surface area (TPSA) is 32.3 Å². The molecule has 92 valence electrons. The Hall–Kier alpha value is -0.570. The first-order chi connectivity index (χ1) is 7.46. The van der Waals surface area contributed by atoms with Crippen LogP contribution in [0.2, 0.25) is 0 Å². The van der Waals surface area contributed by atoms with Crippen LogP contribution >= 0.6 is 0 Å². The molecule has 0 radical (unpaired) electrons. The highest BCUT2D eigenvalue weighted by molar-refractivity contribution is 5.81. The molecule has 1 N–H and O–H groups in total. The fourth-order valence-corrected chi connectivity index (χ4v) is 2.50. The molecular weight excluding hydrogens is 200 g/mol. The molecule has 1 aliphatic heterocycles. The summed E-state index contributed by atoms with van der Waals surface area (Å²) >= 11 is 0. The minimum atomic E-state index is 0.149. The molecule has 0 unspecified atom stereocenters. The maximum absolute atomic E-state index is 12.0. The lowest BCUT2D eigenvalue weighted by Crippen LogP contribution is -2.53. The summed E-state index contributed by atoms with van der Waals surface area (Å²) in [5.41, 5.74) is 0.149. The van der Waals surface area contributed by atoms with Gasteiger partial charge in [0.1, 0.15) is 0 Å². The number of rotatable bonds is 2. The molecule has 16 heavy (non-hydrogen) atoms. The molecule has 1 atom stereocenters. The number of piperidine rings is 1. The van der Waals surface area contributed by atoms with Crippen molar-refractivity contribution in [3.8, 4) is 0 Å². The van der Waals surface area contributed by atoms with Gasteiger partial charge in [-0.2, -0.15) is 0 Å². The Morgan fingerprint density at radius 1 is 1.25 bits per heavy atom. The van der Waals surface area contributed by atoms with Gasteiger partial charge in [0, 0.05) is 30.6 Å². The quantitative estimate of drug-likeness (QED) is 0.775. The van der Waals surface area contributed by atoms with E-state index in [1.54, 1.807) is 0 Å². The summed E-state index contributed by atoms with van der Waals surface area (Å²) in [5, 5.41) is 3.61. The molecule has 2 fully saturated rings. The van der Waals surface area contributed by atoms with Crippen LogP contribution in [0.5, 0.6) is 0 Å². The highest BCUT2D eigenvalue weighted by Gasteiger charge is 2.35. The Kier molecular flexibility index (Phi) is 3.24. The summed E-state index contributed by atoms with van der Waals surface area (Å²) in [6, 6.07) is 0.483. The molecular formula is C13H24N2O. The zero-order valence-corrected chi connectivity index (χ0v) is 10.8. The SMILES string of the molecule is CC(C)(C)N[C@H]1CCCN(C(=O)C2CC2)C1. The van der Waals surface area contributed by atoms with Gasteiger partial charge in [0.2, 0.25) is 5.91 Å². The van der Waals surface area contributed by atoms with Crippen molar-refractivity contribution in [3.63, 3.8) is 0 Å². The van der Waals surface area contributed by atoms with Crippen LogP contribution in [0, 0.1) is 5.92 Å². The van der Waals surface area contributed by atoms with Crippen molar-refractivity contribution in [1.29, 1.82) is 0 Å². The van der Waals surface area contributed by atoms with Gasteiger partial charge in [0.25, 0.3) is 0 Å². The zero-order valence-electron chi connectivity index (χ0n) is 10.8. The molecule has 0 aromatic rings. The summed E-state index contributed by atoms with van der Waals surface area (Å²) in [6.07, 6.45) is 4.58. The fourth-order valence-electron chi connectivity index (χ4n) is 2.50. The van der Waals surface area contributed by atoms with Crippen molar-refractivity contribution in [3.05, 3.63) is 0 Å². The first-order valence-corrected chi connectivity index (χ1v) is 6.52. The largest absolute Gasteiger partial charge is 0.341 e. The van der Waals surface area contributed by atoms with Gasteiger partial charge in [0.05, 0.1) is 0 Å². The maximum Gasteiger partial charge on any atom is 0.225 e. The van der Waals surface area contributed by atoms with E-state index in [2.05, 4.69) is 31.0 Å². The number of nitrogens with one attached hydrogen (secondary N) is 1. The predicted octanol–water partition coefficient (Wildman–Crippen LogP) is 1.78. The van der Waals surface area contributed by atoms with Gasteiger partial charge >= 0.3 is 0 Å². The molecule has 1 aliphatic carbocycles. The summed E-state index contributed by atoms with van der Waals surface area (Å²) in [4.78, 5) is 14.0. The lowest BCUT2D eigenvalue weighted by molar-refractivity contribution is -0.134. The lowest BCUT2D eigenvalue weighted by atomic mass is 10.0. The van der Waals surface area contributed by atoms with Crippen LogP contribution in [0.1, 0.15) is 46.5 Å². The van der Waals surface area contributed by atoms with Crippen molar-refractivity contribution in [2.45, 2.75) is 58.0 Å². The van der Waals surface area contributed by atoms with Crippen LogP contribution in [0.4, 0.5) is 0 Å². The van der Waals surface area contributed by atoms with Crippen LogP contribution in [0.3, 0.4) is 0 Å². The Morgan fingerprint density at radius 3 is 2.50 bits per heavy atom. The molecule has 2 aliphatic rings. The van der Waals surface area contributed by atoms with Crippen LogP contribution in [0.15, 0.2) is 0 Å². The third-order valence-corrected chi connectivity index (χ3v) is 3.30. The van der Waals surface area contributed by atoms with Gasteiger partial charge in [0.15, 0.2) is 0 Å². The van der Waals surface area contributed by atoms with E-state index in [9.17, 15) is 4.79 Å². The minimum absolute atomic E-state index is 0.149. The Balaban J connectivity index is 1.86. The van der Waals surface area contributed by atoms with E-state index in [0.29, 0.717) is 17.9 Å². The smallest absolute Gasteiger partial charge is 0.225 e. The lowest BCUT2D eigenvalue weighted by Gasteiger charge is -2.37. The second-order valence-corrected chi connectivity index (χ2v) is 6.29. The summed E-state index contributed by atoms with van der Waals surface area (Å²) in [6.45, 7) is 8.45. The van der Waals surface area contributed by atoms with Gasteiger partial charge in [-0.25, -0.2) is 0 Å². The first kappa shape index (κ1) is 11.9. The maximum atomic E-state index is 12.0. The zero-order chi connectivity index (χ0) is 11.8. The molecule has 2 rings (SSSR count). The van der Waals surface area contributed by atoms with Gasteiger partial charge in [-0.15, -0.1) is 0 Å². The third-order valence-electron chi connectivity index (χ3n) is 3.30. The molecule has 3 heteroatoms. The van der Waals surface area contributed by atoms with E-state index in [1.165, 1.54) is 6.42 Å². The van der Waals surface area contributed by atoms with Gasteiger partial charge in [-0.05, 0) is 46.5 Å². The minimum Gasteiger partial charge on any atom is -0.341 e. The van der Waals surface area contributed by atoms with E-state index < -0.39 is 0 Å². The number of likely N-dealkylation sites (tertiary alicyclic amines) is 1. The molecule has 1 heterocycles. The fraction of sp³-hybridized carbons (Fsp3) is 0.923. The third kappa shape index (κ3) is 3.21. The van der Waals surface area contributed by atoms with E-state index in [0.717, 1.165) is 32.4 Å². The van der Waals surface area contributed by atoms with Gasteiger partial charge in [-0.1, -0.05) is 0 Å². The highest BCUT2D eigenvalue weighted by Crippen LogP contribution is 2.32. The van der Waals surface area contributed by atoms with Crippen LogP contribution in [-0.2, 0) is 4.79 Å². The average molecular weight is 224 g/mol. The second kappa shape index (κ2) is 4.36. The number of amides is 1. The first-order valence-electron chi connectivity index (χ1n) is 6.52. The van der Waals surface area contributed by atoms with E-state index in [4.69, 9.17) is 0 Å². The molecule has 1 amide bonds. The van der Waals surface area contributed by atoms with Crippen LogP contribution in [-0.4, -0.2) is 35.5 Å². The molecule has 0 bridgehead atoms. The predicted molar refractivity (Wildman–Crippen MR) is 65.2 cm³/mol. The standard InChI is InChI=1S/C13H24N2O/c1-13(2,3)14-11-5-4-8-15(9-11)12(16)10-6-7-10/h10-11,14H,4-9H2,1-3H3/t11-/m0/s1. The van der Waals surface area contributed by atoms with Crippen LogP contribution in [0.25, 0.3) is 0 Å². The Labute approximate surface area is 98.6 Å². The molecule has 0 aromatic carbocycles. The van der Waals surface area contributed by atoms with Crippen molar-refractivity contribution >= 4 is 5.91 Å². The number of hydrogen-bond donors (Lipinski definition) is 1. The summed E-state index contributed by atoms with van der Waals surface area (Å²) < 4.78 is 0. The number of nitrogens with zero attached hydrogens (tertiary/aromatic N) is 1. The Morgan fingerprint density at radius 2 is 1.94 bits per heavy atom. The molecule has 0 aromatic heterocycles. The summed E-state index contributed by atoms with van der Waals surface area (Å²) in [5.74, 6) is 0.772. The number of carbonyl (C=O) groups excluding carboxylic acids is 1. The van der Waals surface area contributed by atoms with E-state index in [-0.39, 0.29) is 5.54 Å². The molecule has 3 nitrogen and oxygen atoms in total. The van der Waals surface area contributed by atoms with Crippen molar-refractivity contribution in [1.82, 2.24) is 10.2 Å². The Bertz CT molecular complexity index is 266. The highest BCUT2D eigenvalue weighted by atomic mass is 16.2. The van der Waals surface area contributed by atoms with E-state index in [1.807, 2.05) is 0 Å². The van der Waals surface area contributed by atoms with Crippen molar-refractivity contribution < 1.29 is 4.79 Å². The molecule has 1 saturated carbocycles. The van der Waals surface area contributed by atoms with Crippen LogP contribution < -0.4 is 5.32 Å². The normalized spacial score (nSPS) is 26.9. The van der Waals surface area contributed by atoms with E-state index >= 15 is 0 Å². The van der Waals surface area contributed by atoms with Crippen molar-refractivity contribution in [2.24, 2.45) is 5.92 Å². The van der Waals surface area contributed by atoms with Crippen molar-refractivity contribution in [2.75, 3.05) is 13.1 Å².